The number of nitrogens with zero attached hydrogens (tertiary/aromatic N) is 1. The molecule has 56 valence electrons. The minimum atomic E-state index is 0.389. The molecule has 0 aliphatic rings. The molecule has 0 amide bonds. The molecule has 0 aliphatic carbocycles. The first-order chi connectivity index (χ1) is 5.33. The van der Waals surface area contributed by atoms with Gasteiger partial charge in [0.1, 0.15) is 4.60 Å². The Kier molecular flexibility index (Phi) is 3.09. The van der Waals surface area contributed by atoms with E-state index >= 15 is 0 Å². The van der Waals surface area contributed by atoms with Crippen molar-refractivity contribution in [3.63, 3.8) is 0 Å². The Labute approximate surface area is 74.0 Å². The third-order valence-electron chi connectivity index (χ3n) is 1.06. The Bertz CT molecular complexity index is 298. The van der Waals surface area contributed by atoms with E-state index in [9.17, 15) is 0 Å². The Morgan fingerprint density at radius 1 is 1.64 bits per heavy atom. The molecule has 3 heteroatoms. The number of nitrogens with two attached hydrogens (primary N) is 1. The molecule has 0 fully saturated rings. The van der Waals surface area contributed by atoms with Crippen LogP contribution in [0.1, 0.15) is 5.56 Å². The van der Waals surface area contributed by atoms with Crippen molar-refractivity contribution < 1.29 is 0 Å². The Hall–Kier alpha value is -0.850. The molecule has 0 bridgehead atoms. The van der Waals surface area contributed by atoms with Crippen molar-refractivity contribution in [3.05, 3.63) is 28.5 Å². The molecule has 1 aromatic rings. The van der Waals surface area contributed by atoms with Crippen molar-refractivity contribution >= 4 is 15.9 Å². The van der Waals surface area contributed by atoms with E-state index in [1.54, 1.807) is 6.20 Å². The molecule has 1 rings (SSSR count). The zero-order valence-electron chi connectivity index (χ0n) is 5.84. The molecule has 2 nitrogen and oxygen atoms in total. The molecule has 1 aromatic heterocycles. The van der Waals surface area contributed by atoms with Gasteiger partial charge in [0.05, 0.1) is 6.54 Å². The number of pyridine rings is 1. The van der Waals surface area contributed by atoms with Crippen LogP contribution in [0.25, 0.3) is 0 Å². The molecule has 0 radical (unpaired) electrons. The van der Waals surface area contributed by atoms with Crippen LogP contribution in [0.2, 0.25) is 0 Å². The lowest BCUT2D eigenvalue weighted by Gasteiger charge is -1.89. The highest BCUT2D eigenvalue weighted by molar-refractivity contribution is 9.10. The van der Waals surface area contributed by atoms with Gasteiger partial charge in [-0.15, -0.1) is 0 Å². The summed E-state index contributed by atoms with van der Waals surface area (Å²) in [5, 5.41) is 0. The van der Waals surface area contributed by atoms with Gasteiger partial charge in [-0.2, -0.15) is 0 Å². The Morgan fingerprint density at radius 2 is 2.45 bits per heavy atom. The molecule has 11 heavy (non-hydrogen) atoms. The van der Waals surface area contributed by atoms with Crippen LogP contribution in [0.3, 0.4) is 0 Å². The minimum Gasteiger partial charge on any atom is -0.320 e. The molecule has 0 saturated heterocycles. The first kappa shape index (κ1) is 8.25. The molecule has 2 N–H and O–H groups in total. The first-order valence-electron chi connectivity index (χ1n) is 3.13. The smallest absolute Gasteiger partial charge is 0.107 e. The highest BCUT2D eigenvalue weighted by Gasteiger charge is 1.87. The monoisotopic (exact) mass is 210 g/mol. The number of halogens is 1. The van der Waals surface area contributed by atoms with E-state index in [0.29, 0.717) is 6.54 Å². The van der Waals surface area contributed by atoms with Crippen LogP contribution in [-0.2, 0) is 0 Å². The van der Waals surface area contributed by atoms with Crippen LogP contribution in [-0.4, -0.2) is 11.5 Å². The zero-order chi connectivity index (χ0) is 8.10. The van der Waals surface area contributed by atoms with Gasteiger partial charge in [0.15, 0.2) is 0 Å². The van der Waals surface area contributed by atoms with Gasteiger partial charge in [-0.3, -0.25) is 0 Å². The third kappa shape index (κ3) is 2.71. The molecular weight excluding hydrogens is 204 g/mol. The van der Waals surface area contributed by atoms with Crippen LogP contribution >= 0.6 is 15.9 Å². The van der Waals surface area contributed by atoms with Crippen molar-refractivity contribution in [2.24, 2.45) is 5.73 Å². The van der Waals surface area contributed by atoms with Gasteiger partial charge in [-0.05, 0) is 28.1 Å². The van der Waals surface area contributed by atoms with E-state index in [1.165, 1.54) is 0 Å². The Morgan fingerprint density at radius 3 is 3.09 bits per heavy atom. The topological polar surface area (TPSA) is 38.9 Å². The summed E-state index contributed by atoms with van der Waals surface area (Å²) in [6.07, 6.45) is 1.70. The average molecular weight is 211 g/mol. The van der Waals surface area contributed by atoms with Crippen LogP contribution < -0.4 is 5.73 Å². The number of aromatic nitrogens is 1. The maximum Gasteiger partial charge on any atom is 0.107 e. The largest absolute Gasteiger partial charge is 0.320 e. The van der Waals surface area contributed by atoms with Crippen molar-refractivity contribution in [3.8, 4) is 11.8 Å². The molecule has 0 atom stereocenters. The fraction of sp³-hybridized carbons (Fsp3) is 0.125. The quantitative estimate of drug-likeness (QED) is 0.516. The second kappa shape index (κ2) is 4.12. The summed E-state index contributed by atoms with van der Waals surface area (Å²) in [5.41, 5.74) is 6.14. The molecule has 0 aromatic carbocycles. The second-order valence-corrected chi connectivity index (χ2v) is 2.69. The van der Waals surface area contributed by atoms with Gasteiger partial charge in [-0.1, -0.05) is 11.8 Å². The highest BCUT2D eigenvalue weighted by atomic mass is 79.9. The number of rotatable bonds is 0. The van der Waals surface area contributed by atoms with Gasteiger partial charge in [0.2, 0.25) is 0 Å². The SMILES string of the molecule is NCC#Cc1ccnc(Br)c1. The summed E-state index contributed by atoms with van der Waals surface area (Å²) in [6, 6.07) is 3.69. The molecule has 0 spiro atoms. The average Bonchev–Trinajstić information content (AvgIpc) is 2.01. The van der Waals surface area contributed by atoms with E-state index in [0.717, 1.165) is 10.2 Å². The fourth-order valence-corrected chi connectivity index (χ4v) is 0.998. The van der Waals surface area contributed by atoms with Crippen LogP contribution in [0.4, 0.5) is 0 Å². The lowest BCUT2D eigenvalue weighted by molar-refractivity contribution is 1.26. The highest BCUT2D eigenvalue weighted by Crippen LogP contribution is 2.06. The van der Waals surface area contributed by atoms with E-state index in [2.05, 4.69) is 32.8 Å². The Balaban J connectivity index is 2.87. The van der Waals surface area contributed by atoms with Crippen molar-refractivity contribution in [2.75, 3.05) is 6.54 Å². The van der Waals surface area contributed by atoms with E-state index in [4.69, 9.17) is 5.73 Å². The van der Waals surface area contributed by atoms with Crippen molar-refractivity contribution in [2.45, 2.75) is 0 Å². The predicted molar refractivity (Wildman–Crippen MR) is 47.9 cm³/mol. The zero-order valence-corrected chi connectivity index (χ0v) is 7.43. The normalized spacial score (nSPS) is 8.55. The summed E-state index contributed by atoms with van der Waals surface area (Å²) < 4.78 is 0.793. The summed E-state index contributed by atoms with van der Waals surface area (Å²) in [6.45, 7) is 0.389. The van der Waals surface area contributed by atoms with E-state index in [-0.39, 0.29) is 0 Å². The fourth-order valence-electron chi connectivity index (χ4n) is 0.633. The van der Waals surface area contributed by atoms with E-state index < -0.39 is 0 Å². The van der Waals surface area contributed by atoms with E-state index in [1.807, 2.05) is 12.1 Å². The third-order valence-corrected chi connectivity index (χ3v) is 1.50. The standard InChI is InChI=1S/C8H7BrN2/c9-8-6-7(2-1-4-10)3-5-11-8/h3,5-6H,4,10H2. The number of hydrogen-bond acceptors (Lipinski definition) is 2. The molecular formula is C8H7BrN2. The van der Waals surface area contributed by atoms with Gasteiger partial charge in [0, 0.05) is 11.8 Å². The second-order valence-electron chi connectivity index (χ2n) is 1.87. The maximum absolute atomic E-state index is 5.21. The molecule has 0 aliphatic heterocycles. The molecule has 1 heterocycles. The van der Waals surface area contributed by atoms with Gasteiger partial charge in [-0.25, -0.2) is 4.98 Å². The van der Waals surface area contributed by atoms with Crippen molar-refractivity contribution in [1.29, 1.82) is 0 Å². The maximum atomic E-state index is 5.21. The van der Waals surface area contributed by atoms with Gasteiger partial charge >= 0.3 is 0 Å². The lowest BCUT2D eigenvalue weighted by atomic mass is 10.3. The van der Waals surface area contributed by atoms with Crippen LogP contribution in [0.5, 0.6) is 0 Å². The summed E-state index contributed by atoms with van der Waals surface area (Å²) >= 11 is 3.24. The summed E-state index contributed by atoms with van der Waals surface area (Å²) in [7, 11) is 0. The minimum absolute atomic E-state index is 0.389. The van der Waals surface area contributed by atoms with Gasteiger partial charge < -0.3 is 5.73 Å². The molecule has 0 saturated carbocycles. The summed E-state index contributed by atoms with van der Waals surface area (Å²) in [4.78, 5) is 3.97. The number of hydrogen-bond donors (Lipinski definition) is 1. The van der Waals surface area contributed by atoms with Crippen molar-refractivity contribution in [1.82, 2.24) is 4.98 Å². The lowest BCUT2D eigenvalue weighted by Crippen LogP contribution is -1.93. The van der Waals surface area contributed by atoms with Crippen LogP contribution in [0.15, 0.2) is 22.9 Å². The van der Waals surface area contributed by atoms with Crippen LogP contribution in [0, 0.1) is 11.8 Å². The molecule has 0 unspecified atom stereocenters. The first-order valence-corrected chi connectivity index (χ1v) is 3.92. The summed E-state index contributed by atoms with van der Waals surface area (Å²) in [5.74, 6) is 5.66. The predicted octanol–water partition coefficient (Wildman–Crippen LogP) is 1.15. The van der Waals surface area contributed by atoms with Gasteiger partial charge in [0.25, 0.3) is 0 Å².